The minimum Gasteiger partial charge on any atom is -0.394 e. The number of H-pyrrole nitrogens is 1. The summed E-state index contributed by atoms with van der Waals surface area (Å²) >= 11 is 0. The third kappa shape index (κ3) is 2.06. The standard InChI is InChI=1S/C13H18N4O/c18-7-11(9-3-1-2-4-9)17-13-10-5-6-14-12(10)15-8-16-13/h5-6,8-9,11,18H,1-4,7H2,(H2,14,15,16,17)/t11-/m1/s1. The highest BCUT2D eigenvalue weighted by Gasteiger charge is 2.25. The van der Waals surface area contributed by atoms with E-state index in [1.165, 1.54) is 25.7 Å². The lowest BCUT2D eigenvalue weighted by Gasteiger charge is -2.23. The van der Waals surface area contributed by atoms with Crippen LogP contribution in [0.15, 0.2) is 18.6 Å². The topological polar surface area (TPSA) is 73.8 Å². The first-order valence-electron chi connectivity index (χ1n) is 6.54. The molecule has 0 aliphatic heterocycles. The number of fused-ring (bicyclic) bond motifs is 1. The van der Waals surface area contributed by atoms with Crippen molar-refractivity contribution < 1.29 is 5.11 Å². The summed E-state index contributed by atoms with van der Waals surface area (Å²) in [6.07, 6.45) is 8.33. The molecule has 18 heavy (non-hydrogen) atoms. The Morgan fingerprint density at radius 1 is 1.39 bits per heavy atom. The Hall–Kier alpha value is -1.62. The summed E-state index contributed by atoms with van der Waals surface area (Å²) in [5.41, 5.74) is 0.829. The van der Waals surface area contributed by atoms with Gasteiger partial charge in [-0.1, -0.05) is 12.8 Å². The van der Waals surface area contributed by atoms with Gasteiger partial charge in [0.05, 0.1) is 18.0 Å². The van der Waals surface area contributed by atoms with Crippen LogP contribution in [0.2, 0.25) is 0 Å². The van der Waals surface area contributed by atoms with E-state index in [1.807, 2.05) is 12.3 Å². The molecule has 1 fully saturated rings. The Morgan fingerprint density at radius 3 is 3.00 bits per heavy atom. The fourth-order valence-corrected chi connectivity index (χ4v) is 2.84. The van der Waals surface area contributed by atoms with E-state index in [2.05, 4.69) is 20.3 Å². The molecule has 1 saturated carbocycles. The Balaban J connectivity index is 1.83. The van der Waals surface area contributed by atoms with Gasteiger partial charge in [-0.3, -0.25) is 0 Å². The van der Waals surface area contributed by atoms with Gasteiger partial charge in [-0.2, -0.15) is 0 Å². The van der Waals surface area contributed by atoms with Crippen LogP contribution in [0, 0.1) is 5.92 Å². The van der Waals surface area contributed by atoms with Crippen molar-refractivity contribution in [3.63, 3.8) is 0 Å². The number of aromatic nitrogens is 3. The van der Waals surface area contributed by atoms with Crippen LogP contribution in [-0.4, -0.2) is 32.7 Å². The number of rotatable bonds is 4. The largest absolute Gasteiger partial charge is 0.394 e. The van der Waals surface area contributed by atoms with E-state index in [-0.39, 0.29) is 12.6 Å². The molecule has 0 saturated heterocycles. The molecule has 0 spiro atoms. The van der Waals surface area contributed by atoms with Gasteiger partial charge in [-0.25, -0.2) is 9.97 Å². The smallest absolute Gasteiger partial charge is 0.142 e. The lowest BCUT2D eigenvalue weighted by atomic mass is 9.99. The predicted molar refractivity (Wildman–Crippen MR) is 70.3 cm³/mol. The number of hydrogen-bond donors (Lipinski definition) is 3. The van der Waals surface area contributed by atoms with Crippen LogP contribution in [0.1, 0.15) is 25.7 Å². The molecule has 0 amide bonds. The van der Waals surface area contributed by atoms with Crippen molar-refractivity contribution in [1.82, 2.24) is 15.0 Å². The van der Waals surface area contributed by atoms with Crippen molar-refractivity contribution in [2.75, 3.05) is 11.9 Å². The number of hydrogen-bond acceptors (Lipinski definition) is 4. The number of nitrogens with one attached hydrogen (secondary N) is 2. The molecule has 1 atom stereocenters. The van der Waals surface area contributed by atoms with E-state index in [4.69, 9.17) is 0 Å². The summed E-state index contributed by atoms with van der Waals surface area (Å²) in [5, 5.41) is 13.9. The fourth-order valence-electron chi connectivity index (χ4n) is 2.84. The van der Waals surface area contributed by atoms with E-state index < -0.39 is 0 Å². The minimum atomic E-state index is 0.0977. The number of anilines is 1. The highest BCUT2D eigenvalue weighted by atomic mass is 16.3. The summed E-state index contributed by atoms with van der Waals surface area (Å²) in [6.45, 7) is 0.153. The predicted octanol–water partition coefficient (Wildman–Crippen LogP) is 1.92. The number of aromatic amines is 1. The summed E-state index contributed by atoms with van der Waals surface area (Å²) in [7, 11) is 0. The first-order valence-corrected chi connectivity index (χ1v) is 6.54. The highest BCUT2D eigenvalue weighted by Crippen LogP contribution is 2.30. The SMILES string of the molecule is OC[C@@H](Nc1ncnc2[nH]ccc12)C1CCCC1. The van der Waals surface area contributed by atoms with Crippen molar-refractivity contribution in [3.8, 4) is 0 Å². The number of aliphatic hydroxyl groups is 1. The lowest BCUT2D eigenvalue weighted by molar-refractivity contribution is 0.238. The molecule has 96 valence electrons. The van der Waals surface area contributed by atoms with Crippen molar-refractivity contribution in [2.45, 2.75) is 31.7 Å². The van der Waals surface area contributed by atoms with Crippen LogP contribution in [0.4, 0.5) is 5.82 Å². The van der Waals surface area contributed by atoms with Crippen molar-refractivity contribution in [1.29, 1.82) is 0 Å². The van der Waals surface area contributed by atoms with Gasteiger partial charge in [0.1, 0.15) is 17.8 Å². The van der Waals surface area contributed by atoms with Gasteiger partial charge < -0.3 is 15.4 Å². The third-order valence-corrected chi connectivity index (χ3v) is 3.84. The van der Waals surface area contributed by atoms with Gasteiger partial charge in [0.25, 0.3) is 0 Å². The van der Waals surface area contributed by atoms with Gasteiger partial charge in [0, 0.05) is 6.20 Å². The van der Waals surface area contributed by atoms with E-state index in [1.54, 1.807) is 6.33 Å². The molecule has 5 heteroatoms. The molecule has 2 aromatic rings. The van der Waals surface area contributed by atoms with E-state index in [0.29, 0.717) is 5.92 Å². The fraction of sp³-hybridized carbons (Fsp3) is 0.538. The number of nitrogens with zero attached hydrogens (tertiary/aromatic N) is 2. The number of aliphatic hydroxyl groups excluding tert-OH is 1. The molecular formula is C13H18N4O. The van der Waals surface area contributed by atoms with Crippen LogP contribution in [0.3, 0.4) is 0 Å². The Kier molecular flexibility index (Phi) is 3.15. The monoisotopic (exact) mass is 246 g/mol. The van der Waals surface area contributed by atoms with Crippen LogP contribution in [0.25, 0.3) is 11.0 Å². The highest BCUT2D eigenvalue weighted by molar-refractivity contribution is 5.86. The van der Waals surface area contributed by atoms with E-state index in [9.17, 15) is 5.11 Å². The molecule has 2 heterocycles. The maximum absolute atomic E-state index is 9.56. The van der Waals surface area contributed by atoms with Gasteiger partial charge in [0.15, 0.2) is 0 Å². The molecule has 0 bridgehead atoms. The zero-order chi connectivity index (χ0) is 12.4. The zero-order valence-electron chi connectivity index (χ0n) is 10.3. The second kappa shape index (κ2) is 4.94. The van der Waals surface area contributed by atoms with Gasteiger partial charge >= 0.3 is 0 Å². The first-order chi connectivity index (χ1) is 8.88. The Labute approximate surface area is 106 Å². The molecule has 3 rings (SSSR count). The van der Waals surface area contributed by atoms with Gasteiger partial charge in [0.2, 0.25) is 0 Å². The maximum atomic E-state index is 9.56. The molecule has 0 radical (unpaired) electrons. The second-order valence-electron chi connectivity index (χ2n) is 4.94. The average Bonchev–Trinajstić information content (AvgIpc) is 3.06. The third-order valence-electron chi connectivity index (χ3n) is 3.84. The second-order valence-corrected chi connectivity index (χ2v) is 4.94. The summed E-state index contributed by atoms with van der Waals surface area (Å²) < 4.78 is 0. The molecule has 0 unspecified atom stereocenters. The molecular weight excluding hydrogens is 228 g/mol. The van der Waals surface area contributed by atoms with Crippen LogP contribution < -0.4 is 5.32 Å². The van der Waals surface area contributed by atoms with E-state index >= 15 is 0 Å². The molecule has 0 aromatic carbocycles. The van der Waals surface area contributed by atoms with E-state index in [0.717, 1.165) is 16.9 Å². The van der Waals surface area contributed by atoms with Crippen molar-refractivity contribution >= 4 is 16.9 Å². The molecule has 1 aliphatic carbocycles. The quantitative estimate of drug-likeness (QED) is 0.770. The molecule has 2 aromatic heterocycles. The normalized spacial score (nSPS) is 18.3. The summed E-state index contributed by atoms with van der Waals surface area (Å²) in [5.74, 6) is 1.37. The molecule has 1 aliphatic rings. The lowest BCUT2D eigenvalue weighted by Crippen LogP contribution is -2.31. The molecule has 5 nitrogen and oxygen atoms in total. The van der Waals surface area contributed by atoms with Crippen LogP contribution in [-0.2, 0) is 0 Å². The average molecular weight is 246 g/mol. The minimum absolute atomic E-state index is 0.0977. The molecule has 3 N–H and O–H groups in total. The maximum Gasteiger partial charge on any atom is 0.142 e. The Morgan fingerprint density at radius 2 is 2.22 bits per heavy atom. The Bertz CT molecular complexity index is 518. The van der Waals surface area contributed by atoms with Crippen LogP contribution in [0.5, 0.6) is 0 Å². The van der Waals surface area contributed by atoms with Crippen molar-refractivity contribution in [3.05, 3.63) is 18.6 Å². The summed E-state index contributed by atoms with van der Waals surface area (Å²) in [6, 6.07) is 2.06. The zero-order valence-corrected chi connectivity index (χ0v) is 10.3. The van der Waals surface area contributed by atoms with Gasteiger partial charge in [-0.15, -0.1) is 0 Å². The summed E-state index contributed by atoms with van der Waals surface area (Å²) in [4.78, 5) is 11.5. The first kappa shape index (κ1) is 11.5. The van der Waals surface area contributed by atoms with Gasteiger partial charge in [-0.05, 0) is 24.8 Å². The van der Waals surface area contributed by atoms with Crippen molar-refractivity contribution in [2.24, 2.45) is 5.92 Å². The van der Waals surface area contributed by atoms with Crippen LogP contribution >= 0.6 is 0 Å².